The SMILES string of the molecule is NC(CSc1ncns1)C(=O)O. The molecule has 1 heterocycles. The number of aliphatic carboxylic acids is 1. The van der Waals surface area contributed by atoms with E-state index in [1.165, 1.54) is 29.6 Å². The number of hydrogen-bond acceptors (Lipinski definition) is 6. The zero-order chi connectivity index (χ0) is 8.97. The van der Waals surface area contributed by atoms with Gasteiger partial charge in [-0.25, -0.2) is 4.98 Å². The van der Waals surface area contributed by atoms with Crippen molar-refractivity contribution in [3.05, 3.63) is 6.33 Å². The van der Waals surface area contributed by atoms with Gasteiger partial charge in [0.2, 0.25) is 0 Å². The summed E-state index contributed by atoms with van der Waals surface area (Å²) in [5.41, 5.74) is 5.27. The molecule has 3 N–H and O–H groups in total. The molecule has 0 bridgehead atoms. The number of nitrogens with two attached hydrogens (primary N) is 1. The number of thioether (sulfide) groups is 1. The van der Waals surface area contributed by atoms with Crippen molar-refractivity contribution in [1.29, 1.82) is 0 Å². The number of hydrogen-bond donors (Lipinski definition) is 2. The first-order valence-corrected chi connectivity index (χ1v) is 4.84. The molecule has 0 radical (unpaired) electrons. The third kappa shape index (κ3) is 2.76. The molecule has 1 unspecified atom stereocenters. The zero-order valence-electron chi connectivity index (χ0n) is 6.01. The Morgan fingerprint density at radius 3 is 3.17 bits per heavy atom. The molecule has 12 heavy (non-hydrogen) atoms. The Labute approximate surface area is 77.2 Å². The van der Waals surface area contributed by atoms with E-state index in [0.717, 1.165) is 4.34 Å². The van der Waals surface area contributed by atoms with Crippen LogP contribution in [-0.4, -0.2) is 32.2 Å². The monoisotopic (exact) mass is 205 g/mol. The van der Waals surface area contributed by atoms with E-state index in [4.69, 9.17) is 10.8 Å². The van der Waals surface area contributed by atoms with Crippen molar-refractivity contribution in [2.45, 2.75) is 10.4 Å². The molecule has 0 aromatic carbocycles. The second-order valence-electron chi connectivity index (χ2n) is 1.96. The van der Waals surface area contributed by atoms with Crippen LogP contribution in [-0.2, 0) is 4.79 Å². The Hall–Kier alpha value is -0.660. The molecule has 66 valence electrons. The number of aromatic nitrogens is 2. The quantitative estimate of drug-likeness (QED) is 0.675. The normalized spacial score (nSPS) is 12.8. The molecule has 7 heteroatoms. The topological polar surface area (TPSA) is 89.1 Å². The van der Waals surface area contributed by atoms with Crippen LogP contribution in [0.3, 0.4) is 0 Å². The molecule has 0 saturated heterocycles. The van der Waals surface area contributed by atoms with E-state index in [1.807, 2.05) is 0 Å². The highest BCUT2D eigenvalue weighted by molar-refractivity contribution is 8.01. The molecule has 1 rings (SSSR count). The summed E-state index contributed by atoms with van der Waals surface area (Å²) in [5, 5.41) is 8.44. The van der Waals surface area contributed by atoms with Gasteiger partial charge in [-0.2, -0.15) is 4.37 Å². The van der Waals surface area contributed by atoms with E-state index in [-0.39, 0.29) is 0 Å². The average molecular weight is 205 g/mol. The van der Waals surface area contributed by atoms with Crippen molar-refractivity contribution in [3.63, 3.8) is 0 Å². The fourth-order valence-corrected chi connectivity index (χ4v) is 1.87. The minimum Gasteiger partial charge on any atom is -0.480 e. The lowest BCUT2D eigenvalue weighted by Crippen LogP contribution is -2.32. The molecule has 0 amide bonds. The zero-order valence-corrected chi connectivity index (χ0v) is 7.64. The van der Waals surface area contributed by atoms with Crippen LogP contribution in [0, 0.1) is 0 Å². The highest BCUT2D eigenvalue weighted by Gasteiger charge is 2.12. The van der Waals surface area contributed by atoms with Crippen molar-refractivity contribution in [2.24, 2.45) is 5.73 Å². The van der Waals surface area contributed by atoms with Crippen LogP contribution in [0.25, 0.3) is 0 Å². The number of carbonyl (C=O) groups is 1. The van der Waals surface area contributed by atoms with E-state index >= 15 is 0 Å². The molecule has 1 aromatic rings. The van der Waals surface area contributed by atoms with Gasteiger partial charge in [-0.15, -0.1) is 0 Å². The van der Waals surface area contributed by atoms with Crippen LogP contribution in [0.15, 0.2) is 10.7 Å². The maximum absolute atomic E-state index is 10.3. The largest absolute Gasteiger partial charge is 0.480 e. The van der Waals surface area contributed by atoms with Crippen LogP contribution in [0.1, 0.15) is 0 Å². The van der Waals surface area contributed by atoms with Crippen molar-refractivity contribution in [1.82, 2.24) is 9.36 Å². The Morgan fingerprint density at radius 1 is 1.92 bits per heavy atom. The molecule has 0 aliphatic heterocycles. The number of rotatable bonds is 4. The highest BCUT2D eigenvalue weighted by Crippen LogP contribution is 2.18. The smallest absolute Gasteiger partial charge is 0.321 e. The van der Waals surface area contributed by atoms with Crippen molar-refractivity contribution in [3.8, 4) is 0 Å². The summed E-state index contributed by atoms with van der Waals surface area (Å²) < 4.78 is 4.51. The second-order valence-corrected chi connectivity index (χ2v) is 4.01. The molecular weight excluding hydrogens is 198 g/mol. The van der Waals surface area contributed by atoms with Gasteiger partial charge in [0.25, 0.3) is 0 Å². The predicted octanol–water partition coefficient (Wildman–Crippen LogP) is 0.0421. The fraction of sp³-hybridized carbons (Fsp3) is 0.400. The van der Waals surface area contributed by atoms with Gasteiger partial charge in [-0.1, -0.05) is 11.8 Å². The van der Waals surface area contributed by atoms with Gasteiger partial charge in [-0.05, 0) is 11.5 Å². The van der Waals surface area contributed by atoms with E-state index in [0.29, 0.717) is 5.75 Å². The van der Waals surface area contributed by atoms with Gasteiger partial charge in [0.15, 0.2) is 4.34 Å². The third-order valence-corrected chi connectivity index (χ3v) is 2.96. The maximum atomic E-state index is 10.3. The average Bonchev–Trinajstić information content (AvgIpc) is 2.51. The van der Waals surface area contributed by atoms with Crippen molar-refractivity contribution in [2.75, 3.05) is 5.75 Å². The highest BCUT2D eigenvalue weighted by atomic mass is 32.2. The van der Waals surface area contributed by atoms with Gasteiger partial charge < -0.3 is 10.8 Å². The summed E-state index contributed by atoms with van der Waals surface area (Å²) in [5.74, 6) is -0.670. The lowest BCUT2D eigenvalue weighted by Gasteiger charge is -2.01. The molecule has 0 fully saturated rings. The molecular formula is C5H7N3O2S2. The van der Waals surface area contributed by atoms with Crippen LogP contribution >= 0.6 is 23.3 Å². The van der Waals surface area contributed by atoms with Gasteiger partial charge in [-0.3, -0.25) is 4.79 Å². The van der Waals surface area contributed by atoms with Gasteiger partial charge >= 0.3 is 5.97 Å². The van der Waals surface area contributed by atoms with Gasteiger partial charge in [0.05, 0.1) is 0 Å². The first kappa shape index (κ1) is 9.43. The van der Waals surface area contributed by atoms with Crippen molar-refractivity contribution < 1.29 is 9.90 Å². The van der Waals surface area contributed by atoms with E-state index in [1.54, 1.807) is 0 Å². The molecule has 1 atom stereocenters. The van der Waals surface area contributed by atoms with Crippen LogP contribution in [0.5, 0.6) is 0 Å². The standard InChI is InChI=1S/C5H7N3O2S2/c6-3(4(9)10)1-11-5-7-2-8-12-5/h2-3H,1,6H2,(H,9,10). The lowest BCUT2D eigenvalue weighted by atomic mass is 10.4. The first-order valence-electron chi connectivity index (χ1n) is 3.08. The van der Waals surface area contributed by atoms with E-state index in [9.17, 15) is 4.79 Å². The molecule has 0 spiro atoms. The van der Waals surface area contributed by atoms with Crippen LogP contribution < -0.4 is 5.73 Å². The maximum Gasteiger partial charge on any atom is 0.321 e. The van der Waals surface area contributed by atoms with Crippen LogP contribution in [0.4, 0.5) is 0 Å². The summed E-state index contributed by atoms with van der Waals surface area (Å²) in [6, 6.07) is -0.834. The summed E-state index contributed by atoms with van der Waals surface area (Å²) in [6.45, 7) is 0. The fourth-order valence-electron chi connectivity index (χ4n) is 0.459. The lowest BCUT2D eigenvalue weighted by molar-refractivity contribution is -0.137. The third-order valence-electron chi connectivity index (χ3n) is 1.04. The van der Waals surface area contributed by atoms with Gasteiger partial charge in [0, 0.05) is 5.75 Å². The number of nitrogens with zero attached hydrogens (tertiary/aromatic N) is 2. The second kappa shape index (κ2) is 4.39. The van der Waals surface area contributed by atoms with E-state index < -0.39 is 12.0 Å². The summed E-state index contributed by atoms with van der Waals surface area (Å²) in [6.07, 6.45) is 1.43. The molecule has 0 aliphatic carbocycles. The van der Waals surface area contributed by atoms with Crippen molar-refractivity contribution >= 4 is 29.3 Å². The summed E-state index contributed by atoms with van der Waals surface area (Å²) in [7, 11) is 0. The molecule has 1 aromatic heterocycles. The van der Waals surface area contributed by atoms with Crippen LogP contribution in [0.2, 0.25) is 0 Å². The number of carboxylic acid groups (broad SMARTS) is 1. The predicted molar refractivity (Wildman–Crippen MR) is 46.2 cm³/mol. The van der Waals surface area contributed by atoms with E-state index in [2.05, 4.69) is 9.36 Å². The minimum atomic E-state index is -0.994. The molecule has 0 saturated carbocycles. The Balaban J connectivity index is 2.31. The summed E-state index contributed by atoms with van der Waals surface area (Å²) >= 11 is 2.53. The number of carboxylic acids is 1. The molecule has 5 nitrogen and oxygen atoms in total. The molecule has 0 aliphatic rings. The first-order chi connectivity index (χ1) is 5.70. The Morgan fingerprint density at radius 2 is 2.67 bits per heavy atom. The Kier molecular flexibility index (Phi) is 3.45. The minimum absolute atomic E-state index is 0.324. The van der Waals surface area contributed by atoms with Gasteiger partial charge in [0.1, 0.15) is 12.4 Å². The Bertz CT molecular complexity index is 251. The summed E-state index contributed by atoms with van der Waals surface area (Å²) in [4.78, 5) is 14.2.